The zero-order valence-corrected chi connectivity index (χ0v) is 28.4. The second kappa shape index (κ2) is 11.8. The summed E-state index contributed by atoms with van der Waals surface area (Å²) in [6, 6.07) is 58.0. The van der Waals surface area contributed by atoms with Crippen molar-refractivity contribution in [2.24, 2.45) is 0 Å². The number of benzene rings is 7. The second-order valence-electron chi connectivity index (χ2n) is 12.4. The lowest BCUT2D eigenvalue weighted by Crippen LogP contribution is -2.01. The molecule has 3 aromatic heterocycles. The Balaban J connectivity index is 1.23. The molecule has 5 heteroatoms. The Hall–Kier alpha value is -6.01. The largest absolute Gasteiger partial charge is 0.208 e. The molecule has 0 saturated carbocycles. The second-order valence-corrected chi connectivity index (χ2v) is 14.5. The van der Waals surface area contributed by atoms with Gasteiger partial charge in [-0.05, 0) is 47.0 Å². The predicted octanol–water partition coefficient (Wildman–Crippen LogP) is 12.9. The van der Waals surface area contributed by atoms with E-state index >= 15 is 0 Å². The van der Waals surface area contributed by atoms with Gasteiger partial charge < -0.3 is 0 Å². The van der Waals surface area contributed by atoms with Gasteiger partial charge >= 0.3 is 0 Å². The molecular weight excluding hydrogens is 647 g/mol. The van der Waals surface area contributed by atoms with Crippen molar-refractivity contribution in [1.29, 1.82) is 0 Å². The van der Waals surface area contributed by atoms with Gasteiger partial charge in [-0.3, -0.25) is 0 Å². The topological polar surface area (TPSA) is 38.7 Å². The van der Waals surface area contributed by atoms with Gasteiger partial charge in [0.15, 0.2) is 17.5 Å². The lowest BCUT2D eigenvalue weighted by molar-refractivity contribution is 1.07. The van der Waals surface area contributed by atoms with E-state index in [0.717, 1.165) is 27.8 Å². The number of fused-ring (bicyclic) bond motifs is 6. The smallest absolute Gasteiger partial charge is 0.164 e. The van der Waals surface area contributed by atoms with Crippen molar-refractivity contribution >= 4 is 63.0 Å². The first-order valence-electron chi connectivity index (χ1n) is 16.6. The van der Waals surface area contributed by atoms with Gasteiger partial charge in [-0.2, -0.15) is 0 Å². The van der Waals surface area contributed by atoms with E-state index in [4.69, 9.17) is 15.0 Å². The molecule has 0 aliphatic rings. The molecule has 50 heavy (non-hydrogen) atoms. The van der Waals surface area contributed by atoms with Crippen molar-refractivity contribution in [3.63, 3.8) is 0 Å². The zero-order chi connectivity index (χ0) is 33.0. The van der Waals surface area contributed by atoms with E-state index in [1.165, 1.54) is 51.5 Å². The van der Waals surface area contributed by atoms with Crippen molar-refractivity contribution < 1.29 is 0 Å². The first kappa shape index (κ1) is 29.0. The van der Waals surface area contributed by atoms with E-state index in [1.807, 2.05) is 59.1 Å². The number of nitrogens with zero attached hydrogens (tertiary/aromatic N) is 3. The number of hydrogen-bond donors (Lipinski definition) is 0. The Morgan fingerprint density at radius 1 is 0.300 bits per heavy atom. The molecule has 0 unspecified atom stereocenters. The summed E-state index contributed by atoms with van der Waals surface area (Å²) in [7, 11) is 0. The summed E-state index contributed by atoms with van der Waals surface area (Å²) >= 11 is 3.69. The van der Waals surface area contributed by atoms with Crippen molar-refractivity contribution in [2.45, 2.75) is 0 Å². The van der Waals surface area contributed by atoms with Crippen LogP contribution in [-0.2, 0) is 0 Å². The fraction of sp³-hybridized carbons (Fsp3) is 0. The third kappa shape index (κ3) is 4.90. The molecule has 0 radical (unpaired) electrons. The summed E-state index contributed by atoms with van der Waals surface area (Å²) in [6.07, 6.45) is 0. The van der Waals surface area contributed by atoms with Crippen molar-refractivity contribution in [3.05, 3.63) is 164 Å². The molecule has 10 aromatic rings. The predicted molar refractivity (Wildman–Crippen MR) is 213 cm³/mol. The molecule has 0 fully saturated rings. The summed E-state index contributed by atoms with van der Waals surface area (Å²) in [5.41, 5.74) is 7.49. The Morgan fingerprint density at radius 2 is 0.840 bits per heavy atom. The van der Waals surface area contributed by atoms with E-state index in [-0.39, 0.29) is 0 Å². The van der Waals surface area contributed by atoms with Crippen molar-refractivity contribution in [2.75, 3.05) is 0 Å². The van der Waals surface area contributed by atoms with Crippen LogP contribution in [0.4, 0.5) is 0 Å². The van der Waals surface area contributed by atoms with Gasteiger partial charge in [0.2, 0.25) is 0 Å². The van der Waals surface area contributed by atoms with Crippen LogP contribution in [0.1, 0.15) is 0 Å². The standard InChI is InChI=1S/C45H27N3S2/c1-3-12-28(13-4-1)43-46-44(29-14-5-2-6-15-29)48-45(47-43)37-25-23-30(31-22-24-34-32-16-7-9-20-39(32)49-41(34)27-31)26-38(37)36-19-11-18-35-33-17-8-10-21-40(33)50-42(35)36/h1-27H. The molecule has 0 bridgehead atoms. The van der Waals surface area contributed by atoms with Gasteiger partial charge in [0.05, 0.1) is 0 Å². The number of thiophene rings is 2. The van der Waals surface area contributed by atoms with Crippen LogP contribution in [0.5, 0.6) is 0 Å². The number of rotatable bonds is 5. The lowest BCUT2D eigenvalue weighted by atomic mass is 9.93. The number of hydrogen-bond acceptors (Lipinski definition) is 5. The van der Waals surface area contributed by atoms with E-state index in [2.05, 4.69) is 127 Å². The van der Waals surface area contributed by atoms with Crippen LogP contribution in [0.3, 0.4) is 0 Å². The monoisotopic (exact) mass is 673 g/mol. The fourth-order valence-corrected chi connectivity index (χ4v) is 9.31. The number of aromatic nitrogens is 3. The maximum Gasteiger partial charge on any atom is 0.164 e. The summed E-state index contributed by atoms with van der Waals surface area (Å²) < 4.78 is 5.14. The maximum atomic E-state index is 5.16. The molecule has 0 aliphatic heterocycles. The molecule has 0 N–H and O–H groups in total. The van der Waals surface area contributed by atoms with E-state index in [1.54, 1.807) is 0 Å². The molecule has 234 valence electrons. The molecule has 3 nitrogen and oxygen atoms in total. The van der Waals surface area contributed by atoms with Gasteiger partial charge in [0, 0.05) is 62.6 Å². The quantitative estimate of drug-likeness (QED) is 0.182. The van der Waals surface area contributed by atoms with Crippen LogP contribution < -0.4 is 0 Å². The minimum Gasteiger partial charge on any atom is -0.208 e. The third-order valence-corrected chi connectivity index (χ3v) is 11.7. The van der Waals surface area contributed by atoms with Crippen LogP contribution >= 0.6 is 22.7 Å². The molecular formula is C45H27N3S2. The van der Waals surface area contributed by atoms with E-state index < -0.39 is 0 Å². The third-order valence-electron chi connectivity index (χ3n) is 9.37. The van der Waals surface area contributed by atoms with Crippen molar-refractivity contribution in [3.8, 4) is 56.4 Å². The summed E-state index contributed by atoms with van der Waals surface area (Å²) in [5, 5.41) is 5.15. The minimum absolute atomic E-state index is 0.650. The summed E-state index contributed by atoms with van der Waals surface area (Å²) in [4.78, 5) is 15.3. The van der Waals surface area contributed by atoms with Crippen LogP contribution in [-0.4, -0.2) is 15.0 Å². The molecule has 0 amide bonds. The first-order valence-corrected chi connectivity index (χ1v) is 18.2. The Labute approximate surface area is 296 Å². The Bertz CT molecular complexity index is 2810. The van der Waals surface area contributed by atoms with Gasteiger partial charge in [-0.15, -0.1) is 22.7 Å². The molecule has 0 atom stereocenters. The highest BCUT2D eigenvalue weighted by Crippen LogP contribution is 2.44. The molecule has 10 rings (SSSR count). The van der Waals surface area contributed by atoms with E-state index in [0.29, 0.717) is 17.5 Å². The molecule has 0 spiro atoms. The van der Waals surface area contributed by atoms with Crippen molar-refractivity contribution in [1.82, 2.24) is 15.0 Å². The Morgan fingerprint density at radius 3 is 1.56 bits per heavy atom. The van der Waals surface area contributed by atoms with Gasteiger partial charge in [-0.1, -0.05) is 133 Å². The fourth-order valence-electron chi connectivity index (χ4n) is 6.94. The summed E-state index contributed by atoms with van der Waals surface area (Å²) in [6.45, 7) is 0. The van der Waals surface area contributed by atoms with Crippen LogP contribution in [0.2, 0.25) is 0 Å². The van der Waals surface area contributed by atoms with Gasteiger partial charge in [0.1, 0.15) is 0 Å². The molecule has 7 aromatic carbocycles. The van der Waals surface area contributed by atoms with Crippen LogP contribution in [0.15, 0.2) is 164 Å². The van der Waals surface area contributed by atoms with Crippen LogP contribution in [0, 0.1) is 0 Å². The van der Waals surface area contributed by atoms with Gasteiger partial charge in [-0.25, -0.2) is 15.0 Å². The highest BCUT2D eigenvalue weighted by atomic mass is 32.1. The molecule has 0 saturated heterocycles. The van der Waals surface area contributed by atoms with E-state index in [9.17, 15) is 0 Å². The molecule has 0 aliphatic carbocycles. The minimum atomic E-state index is 0.650. The van der Waals surface area contributed by atoms with Crippen LogP contribution in [0.25, 0.3) is 96.8 Å². The Kier molecular flexibility index (Phi) is 6.86. The highest BCUT2D eigenvalue weighted by molar-refractivity contribution is 7.26. The van der Waals surface area contributed by atoms with Gasteiger partial charge in [0.25, 0.3) is 0 Å². The molecule has 3 heterocycles. The lowest BCUT2D eigenvalue weighted by Gasteiger charge is -2.15. The zero-order valence-electron chi connectivity index (χ0n) is 26.7. The maximum absolute atomic E-state index is 5.16. The first-order chi connectivity index (χ1) is 24.8. The highest BCUT2D eigenvalue weighted by Gasteiger charge is 2.19. The summed E-state index contributed by atoms with van der Waals surface area (Å²) in [5.74, 6) is 1.96. The SMILES string of the molecule is c1ccc(-c2nc(-c3ccccc3)nc(-c3ccc(-c4ccc5c(c4)sc4ccccc45)cc3-c3cccc4c3sc3ccccc34)n2)cc1. The average Bonchev–Trinajstić information content (AvgIpc) is 3.76. The normalized spacial score (nSPS) is 11.6. The average molecular weight is 674 g/mol.